The molecule has 63 heavy (non-hydrogen) atoms. The summed E-state index contributed by atoms with van der Waals surface area (Å²) in [5, 5.41) is 1.64. The number of fused-ring (bicyclic) bond motifs is 8. The number of benzene rings is 5. The second-order valence-corrected chi connectivity index (χ2v) is 21.2. The van der Waals surface area contributed by atoms with Crippen molar-refractivity contribution in [1.29, 1.82) is 0 Å². The number of para-hydroxylation sites is 3. The van der Waals surface area contributed by atoms with Gasteiger partial charge in [-0.05, 0) is 136 Å². The molecular formula is C58H73O4P. The van der Waals surface area contributed by atoms with Gasteiger partial charge >= 0.3 is 0 Å². The third-order valence-corrected chi connectivity index (χ3v) is 17.1. The van der Waals surface area contributed by atoms with Gasteiger partial charge in [0.25, 0.3) is 0 Å². The second-order valence-electron chi connectivity index (χ2n) is 18.4. The van der Waals surface area contributed by atoms with Crippen molar-refractivity contribution >= 4 is 13.2 Å². The first kappa shape index (κ1) is 45.3. The zero-order valence-electron chi connectivity index (χ0n) is 39.0. The Morgan fingerprint density at radius 1 is 0.397 bits per heavy atom. The third-order valence-electron chi connectivity index (χ3n) is 13.5. The highest BCUT2D eigenvalue weighted by atomic mass is 31.1. The van der Waals surface area contributed by atoms with Gasteiger partial charge < -0.3 is 18.9 Å². The normalized spacial score (nSPS) is 15.9. The van der Waals surface area contributed by atoms with Crippen molar-refractivity contribution in [3.8, 4) is 34.1 Å². The van der Waals surface area contributed by atoms with Gasteiger partial charge in [-0.2, -0.15) is 0 Å². The molecule has 5 heteroatoms. The smallest absolute Gasteiger partial charge is 0.126 e. The van der Waals surface area contributed by atoms with E-state index in [4.69, 9.17) is 18.9 Å². The fourth-order valence-electron chi connectivity index (χ4n) is 10.7. The first-order valence-corrected chi connectivity index (χ1v) is 26.4. The summed E-state index contributed by atoms with van der Waals surface area (Å²) < 4.78 is 27.4. The van der Waals surface area contributed by atoms with Gasteiger partial charge in [0.2, 0.25) is 0 Å². The molecular weight excluding hydrogens is 792 g/mol. The summed E-state index contributed by atoms with van der Waals surface area (Å²) in [5.41, 5.74) is 14.1. The molecule has 334 valence electrons. The predicted molar refractivity (Wildman–Crippen MR) is 266 cm³/mol. The summed E-state index contributed by atoms with van der Waals surface area (Å²) in [7, 11) is -0.311. The molecule has 0 atom stereocenters. The Morgan fingerprint density at radius 3 is 1.10 bits per heavy atom. The van der Waals surface area contributed by atoms with E-state index in [1.807, 2.05) is 0 Å². The van der Waals surface area contributed by atoms with Crippen molar-refractivity contribution in [2.24, 2.45) is 0 Å². The van der Waals surface area contributed by atoms with Crippen LogP contribution in [0, 0.1) is 0 Å². The molecule has 2 saturated carbocycles. The highest BCUT2D eigenvalue weighted by Crippen LogP contribution is 2.56. The van der Waals surface area contributed by atoms with Gasteiger partial charge in [0.15, 0.2) is 0 Å². The van der Waals surface area contributed by atoms with E-state index in [1.165, 1.54) is 120 Å². The topological polar surface area (TPSA) is 36.9 Å². The van der Waals surface area contributed by atoms with Crippen molar-refractivity contribution in [3.05, 3.63) is 136 Å². The van der Waals surface area contributed by atoms with Crippen LogP contribution in [0.1, 0.15) is 162 Å². The monoisotopic (exact) mass is 865 g/mol. The molecule has 4 nitrogen and oxygen atoms in total. The minimum atomic E-state index is -0.311. The average molecular weight is 865 g/mol. The molecule has 0 spiro atoms. The maximum Gasteiger partial charge on any atom is 0.126 e. The lowest BCUT2D eigenvalue weighted by Crippen LogP contribution is -2.27. The van der Waals surface area contributed by atoms with E-state index in [1.54, 1.807) is 5.30 Å². The van der Waals surface area contributed by atoms with Crippen LogP contribution in [0.2, 0.25) is 0 Å². The van der Waals surface area contributed by atoms with Crippen LogP contribution in [0.4, 0.5) is 0 Å². The molecule has 0 N–H and O–H groups in total. The molecule has 3 aliphatic rings. The van der Waals surface area contributed by atoms with Crippen LogP contribution in [0.15, 0.2) is 91.0 Å². The van der Waals surface area contributed by atoms with Crippen LogP contribution in [0.5, 0.6) is 23.0 Å². The first-order valence-electron chi connectivity index (χ1n) is 25.0. The van der Waals surface area contributed by atoms with Gasteiger partial charge in [-0.15, -0.1) is 0 Å². The van der Waals surface area contributed by atoms with E-state index in [-0.39, 0.29) is 7.92 Å². The SMILES string of the molecule is CCCOc1c2cccc1Cc1cccc(c1OCCC)Cc1cc(-c3ccccc3P(C3CCCCC3)C3CCCCC3)cc(c1OCCC)Cc1cccc(c1OCCC)C2. The lowest BCUT2D eigenvalue weighted by Gasteiger charge is -2.39. The first-order chi connectivity index (χ1) is 31.1. The summed E-state index contributed by atoms with van der Waals surface area (Å²) in [6.45, 7) is 11.5. The number of ether oxygens (including phenoxy) is 4. The van der Waals surface area contributed by atoms with Crippen molar-refractivity contribution in [2.75, 3.05) is 26.4 Å². The van der Waals surface area contributed by atoms with Gasteiger partial charge in [-0.1, -0.05) is 153 Å². The zero-order chi connectivity index (χ0) is 43.4. The van der Waals surface area contributed by atoms with E-state index in [0.717, 1.165) is 72.8 Å². The fourth-order valence-corrected chi connectivity index (χ4v) is 14.6. The van der Waals surface area contributed by atoms with Crippen LogP contribution in [0.25, 0.3) is 11.1 Å². The zero-order valence-corrected chi connectivity index (χ0v) is 39.8. The second kappa shape index (κ2) is 22.6. The van der Waals surface area contributed by atoms with Crippen molar-refractivity contribution in [3.63, 3.8) is 0 Å². The van der Waals surface area contributed by atoms with Crippen LogP contribution in [0.3, 0.4) is 0 Å². The molecule has 2 fully saturated rings. The number of hydrogen-bond acceptors (Lipinski definition) is 4. The Bertz CT molecular complexity index is 2130. The Morgan fingerprint density at radius 2 is 0.730 bits per heavy atom. The molecule has 0 heterocycles. The molecule has 3 aliphatic carbocycles. The molecule has 0 saturated heterocycles. The minimum absolute atomic E-state index is 0.311. The van der Waals surface area contributed by atoms with E-state index in [0.29, 0.717) is 39.3 Å². The fraction of sp³-hybridized carbons (Fsp3) is 0.483. The van der Waals surface area contributed by atoms with E-state index < -0.39 is 0 Å². The lowest BCUT2D eigenvalue weighted by molar-refractivity contribution is 0.304. The standard InChI is InChI=1S/C58H73O4P/c1-5-32-59-55-42-20-17-21-43(55)37-45-23-19-25-47(57(45)61-34-7-3)39-50-41-48(40-49(58(50)62-35-8-4)38-46-24-18-22-44(36-42)56(46)60-33-6-2)53-30-15-16-31-54(53)63(51-26-11-9-12-27-51)52-28-13-10-14-29-52/h15-25,30-31,40-41,51-52H,5-14,26-29,32-39H2,1-4H3. The van der Waals surface area contributed by atoms with E-state index in [2.05, 4.69) is 119 Å². The summed E-state index contributed by atoms with van der Waals surface area (Å²) in [6, 6.07) is 34.9. The molecule has 0 unspecified atom stereocenters. The van der Waals surface area contributed by atoms with Crippen LogP contribution in [-0.4, -0.2) is 37.7 Å². The molecule has 0 aromatic heterocycles. The van der Waals surface area contributed by atoms with Gasteiger partial charge in [0.05, 0.1) is 26.4 Å². The average Bonchev–Trinajstić information content (AvgIpc) is 3.31. The van der Waals surface area contributed by atoms with Crippen molar-refractivity contribution in [2.45, 2.75) is 155 Å². The summed E-state index contributed by atoms with van der Waals surface area (Å²) in [5.74, 6) is 4.03. The quantitative estimate of drug-likeness (QED) is 0.0909. The highest BCUT2D eigenvalue weighted by molar-refractivity contribution is 7.67. The Labute approximate surface area is 381 Å². The summed E-state index contributed by atoms with van der Waals surface area (Å²) in [6.07, 6.45) is 20.6. The van der Waals surface area contributed by atoms with Crippen LogP contribution in [-0.2, 0) is 25.7 Å². The largest absolute Gasteiger partial charge is 0.493 e. The van der Waals surface area contributed by atoms with Crippen LogP contribution < -0.4 is 24.3 Å². The van der Waals surface area contributed by atoms with Gasteiger partial charge in [-0.25, -0.2) is 0 Å². The highest BCUT2D eigenvalue weighted by Gasteiger charge is 2.34. The Balaban J connectivity index is 1.36. The molecule has 5 aromatic carbocycles. The summed E-state index contributed by atoms with van der Waals surface area (Å²) in [4.78, 5) is 0. The van der Waals surface area contributed by atoms with Gasteiger partial charge in [0.1, 0.15) is 23.0 Å². The molecule has 5 aromatic rings. The number of hydrogen-bond donors (Lipinski definition) is 0. The van der Waals surface area contributed by atoms with E-state index in [9.17, 15) is 0 Å². The lowest BCUT2D eigenvalue weighted by atomic mass is 9.89. The molecule has 8 bridgehead atoms. The summed E-state index contributed by atoms with van der Waals surface area (Å²) >= 11 is 0. The molecule has 0 aliphatic heterocycles. The minimum Gasteiger partial charge on any atom is -0.493 e. The third kappa shape index (κ3) is 10.8. The van der Waals surface area contributed by atoms with Gasteiger partial charge in [-0.3, -0.25) is 0 Å². The Hall–Kier alpha value is -4.27. The molecule has 0 radical (unpaired) electrons. The van der Waals surface area contributed by atoms with Crippen molar-refractivity contribution < 1.29 is 18.9 Å². The Kier molecular flexibility index (Phi) is 16.2. The van der Waals surface area contributed by atoms with Gasteiger partial charge in [0, 0.05) is 25.7 Å². The predicted octanol–water partition coefficient (Wildman–Crippen LogP) is 15.0. The maximum atomic E-state index is 7.00. The molecule has 0 amide bonds. The van der Waals surface area contributed by atoms with E-state index >= 15 is 0 Å². The maximum absolute atomic E-state index is 7.00. The molecule has 8 rings (SSSR count). The van der Waals surface area contributed by atoms with Crippen LogP contribution >= 0.6 is 7.92 Å². The van der Waals surface area contributed by atoms with Crippen molar-refractivity contribution in [1.82, 2.24) is 0 Å². The number of rotatable bonds is 16.